The van der Waals surface area contributed by atoms with Crippen molar-refractivity contribution in [1.82, 2.24) is 19.1 Å². The van der Waals surface area contributed by atoms with E-state index in [1.165, 1.54) is 36.1 Å². The van der Waals surface area contributed by atoms with Crippen molar-refractivity contribution >= 4 is 43.3 Å². The highest BCUT2D eigenvalue weighted by Crippen LogP contribution is 2.33. The van der Waals surface area contributed by atoms with Crippen molar-refractivity contribution in [2.75, 3.05) is 11.9 Å². The molecule has 0 radical (unpaired) electrons. The van der Waals surface area contributed by atoms with Gasteiger partial charge in [-0.1, -0.05) is 24.7 Å². The van der Waals surface area contributed by atoms with Crippen LogP contribution in [0.4, 0.5) is 5.82 Å². The molecule has 2 aliphatic rings. The van der Waals surface area contributed by atoms with Gasteiger partial charge in [0.2, 0.25) is 15.2 Å². The molecule has 2 aromatic heterocycles. The highest BCUT2D eigenvalue weighted by Gasteiger charge is 2.32. The summed E-state index contributed by atoms with van der Waals surface area (Å²) in [6, 6.07) is 12.5. The molecule has 0 bridgehead atoms. The molecule has 1 aliphatic heterocycles. The Morgan fingerprint density at radius 1 is 1.05 bits per heavy atom. The molecular formula is C29H33N5O3S2. The molecule has 1 saturated heterocycles. The number of amides is 1. The topological polar surface area (TPSA) is 97.2 Å². The molecule has 8 nitrogen and oxygen atoms in total. The summed E-state index contributed by atoms with van der Waals surface area (Å²) in [7, 11) is -3.60. The maximum atomic E-state index is 13.3. The minimum Gasteiger partial charge on any atom is -0.306 e. The van der Waals surface area contributed by atoms with Crippen LogP contribution >= 0.6 is 11.3 Å². The first-order chi connectivity index (χ1) is 18.8. The summed E-state index contributed by atoms with van der Waals surface area (Å²) in [5.74, 6) is 0.193. The zero-order chi connectivity index (χ0) is 27.1. The zero-order valence-corrected chi connectivity index (χ0v) is 23.9. The molecule has 1 aliphatic carbocycles. The Kier molecular flexibility index (Phi) is 7.03. The standard InChI is InChI=1S/C29H33N5O3S2/c1-3-23-10-6-7-15-33(23)39(36,37)24-13-11-20(12-14-24)28(35)31-27-16-19(2)32-34(27)29-30-25-17-21-8-4-5-9-22(21)18-26(25)38-29/h11-14,16-18,23H,3-10,15H2,1-2H3,(H,31,35). The van der Waals surface area contributed by atoms with E-state index >= 15 is 0 Å². The number of aromatic nitrogens is 3. The van der Waals surface area contributed by atoms with Crippen molar-refractivity contribution in [2.45, 2.75) is 76.2 Å². The lowest BCUT2D eigenvalue weighted by Crippen LogP contribution is -2.43. The lowest BCUT2D eigenvalue weighted by atomic mass is 9.92. The molecular weight excluding hydrogens is 530 g/mol. The fourth-order valence-electron chi connectivity index (χ4n) is 5.77. The monoisotopic (exact) mass is 563 g/mol. The van der Waals surface area contributed by atoms with Crippen LogP contribution in [0, 0.1) is 6.92 Å². The molecule has 1 unspecified atom stereocenters. The first-order valence-electron chi connectivity index (χ1n) is 13.8. The third-order valence-corrected chi connectivity index (χ3v) is 10.8. The Labute approximate surface area is 233 Å². The Morgan fingerprint density at radius 3 is 2.54 bits per heavy atom. The van der Waals surface area contributed by atoms with Crippen molar-refractivity contribution in [2.24, 2.45) is 0 Å². The average molecular weight is 564 g/mol. The summed E-state index contributed by atoms with van der Waals surface area (Å²) in [4.78, 5) is 18.2. The maximum Gasteiger partial charge on any atom is 0.256 e. The number of benzene rings is 2. The molecule has 6 rings (SSSR count). The van der Waals surface area contributed by atoms with Crippen LogP contribution in [-0.4, -0.2) is 46.0 Å². The van der Waals surface area contributed by atoms with Crippen LogP contribution in [0.2, 0.25) is 0 Å². The molecule has 0 spiro atoms. The van der Waals surface area contributed by atoms with Crippen molar-refractivity contribution in [3.05, 3.63) is 64.8 Å². The van der Waals surface area contributed by atoms with Gasteiger partial charge in [-0.2, -0.15) is 14.1 Å². The van der Waals surface area contributed by atoms with Gasteiger partial charge in [0.15, 0.2) is 0 Å². The van der Waals surface area contributed by atoms with Gasteiger partial charge in [0, 0.05) is 24.2 Å². The highest BCUT2D eigenvalue weighted by molar-refractivity contribution is 7.89. The van der Waals surface area contributed by atoms with Gasteiger partial charge < -0.3 is 5.32 Å². The number of nitrogens with zero attached hydrogens (tertiary/aromatic N) is 4. The molecule has 0 saturated carbocycles. The van der Waals surface area contributed by atoms with Gasteiger partial charge in [-0.15, -0.1) is 0 Å². The van der Waals surface area contributed by atoms with E-state index in [0.717, 1.165) is 54.4 Å². The molecule has 1 fully saturated rings. The van der Waals surface area contributed by atoms with Crippen molar-refractivity contribution in [3.8, 4) is 5.13 Å². The van der Waals surface area contributed by atoms with Gasteiger partial charge in [-0.3, -0.25) is 4.79 Å². The maximum absolute atomic E-state index is 13.3. The fraction of sp³-hybridized carbons (Fsp3) is 0.414. The number of anilines is 1. The van der Waals surface area contributed by atoms with Crippen molar-refractivity contribution < 1.29 is 13.2 Å². The quantitative estimate of drug-likeness (QED) is 0.316. The Balaban J connectivity index is 1.23. The summed E-state index contributed by atoms with van der Waals surface area (Å²) in [5.41, 5.74) is 4.88. The SMILES string of the molecule is CCC1CCCCN1S(=O)(=O)c1ccc(C(=O)Nc2cc(C)nn2-c2nc3cc4c(cc3s2)CCCC4)cc1. The predicted octanol–water partition coefficient (Wildman–Crippen LogP) is 5.87. The van der Waals surface area contributed by atoms with Crippen LogP contribution in [0.5, 0.6) is 0 Å². The van der Waals surface area contributed by atoms with E-state index in [2.05, 4.69) is 22.5 Å². The van der Waals surface area contributed by atoms with Crippen molar-refractivity contribution in [3.63, 3.8) is 0 Å². The Morgan fingerprint density at radius 2 is 1.79 bits per heavy atom. The normalized spacial score (nSPS) is 18.3. The Hall–Kier alpha value is -3.08. The number of carbonyl (C=O) groups excluding carboxylic acids is 1. The number of piperidine rings is 1. The lowest BCUT2D eigenvalue weighted by Gasteiger charge is -2.34. The second-order valence-electron chi connectivity index (χ2n) is 10.5. The van der Waals surface area contributed by atoms with Crippen LogP contribution in [0.3, 0.4) is 0 Å². The lowest BCUT2D eigenvalue weighted by molar-refractivity contribution is 0.102. The van der Waals surface area contributed by atoms with E-state index in [1.54, 1.807) is 32.5 Å². The van der Waals surface area contributed by atoms with Gasteiger partial charge in [0.05, 0.1) is 20.8 Å². The number of nitrogens with one attached hydrogen (secondary N) is 1. The first kappa shape index (κ1) is 26.2. The van der Waals surface area contributed by atoms with E-state index < -0.39 is 10.0 Å². The molecule has 1 amide bonds. The van der Waals surface area contributed by atoms with E-state index in [1.807, 2.05) is 19.9 Å². The van der Waals surface area contributed by atoms with Crippen molar-refractivity contribution in [1.29, 1.82) is 0 Å². The molecule has 4 aromatic rings. The minimum absolute atomic E-state index is 0.0308. The Bertz CT molecular complexity index is 1600. The molecule has 3 heterocycles. The highest BCUT2D eigenvalue weighted by atomic mass is 32.2. The minimum atomic E-state index is -3.60. The molecule has 2 aromatic carbocycles. The van der Waals surface area contributed by atoms with E-state index in [9.17, 15) is 13.2 Å². The van der Waals surface area contributed by atoms with Crippen LogP contribution in [0.15, 0.2) is 47.4 Å². The van der Waals surface area contributed by atoms with Gasteiger partial charge in [0.25, 0.3) is 5.91 Å². The second-order valence-corrected chi connectivity index (χ2v) is 13.4. The molecule has 10 heteroatoms. The number of sulfonamides is 1. The number of thiazole rings is 1. The number of aryl methyl sites for hydroxylation is 3. The summed E-state index contributed by atoms with van der Waals surface area (Å²) >= 11 is 1.56. The smallest absolute Gasteiger partial charge is 0.256 e. The third-order valence-electron chi connectivity index (χ3n) is 7.86. The van der Waals surface area contributed by atoms with Crippen LogP contribution < -0.4 is 5.32 Å². The van der Waals surface area contributed by atoms with Gasteiger partial charge >= 0.3 is 0 Å². The number of hydrogen-bond donors (Lipinski definition) is 1. The molecule has 204 valence electrons. The third kappa shape index (κ3) is 5.01. The summed E-state index contributed by atoms with van der Waals surface area (Å²) < 4.78 is 31.0. The summed E-state index contributed by atoms with van der Waals surface area (Å²) in [6.07, 6.45) is 8.26. The van der Waals surface area contributed by atoms with Crippen LogP contribution in [0.1, 0.15) is 72.6 Å². The number of fused-ring (bicyclic) bond motifs is 2. The molecule has 39 heavy (non-hydrogen) atoms. The second kappa shape index (κ2) is 10.5. The molecule has 1 N–H and O–H groups in total. The van der Waals surface area contributed by atoms with E-state index in [-0.39, 0.29) is 16.8 Å². The number of rotatable bonds is 6. The van der Waals surface area contributed by atoms with Gasteiger partial charge in [-0.25, -0.2) is 13.4 Å². The van der Waals surface area contributed by atoms with Gasteiger partial charge in [0.1, 0.15) is 5.82 Å². The summed E-state index contributed by atoms with van der Waals surface area (Å²) in [5, 5.41) is 8.25. The predicted molar refractivity (Wildman–Crippen MR) is 154 cm³/mol. The van der Waals surface area contributed by atoms with E-state index in [0.29, 0.717) is 23.1 Å². The number of hydrogen-bond acceptors (Lipinski definition) is 6. The average Bonchev–Trinajstić information content (AvgIpc) is 3.53. The molecule has 1 atom stereocenters. The van der Waals surface area contributed by atoms with Crippen LogP contribution in [-0.2, 0) is 22.9 Å². The number of carbonyl (C=O) groups is 1. The van der Waals surface area contributed by atoms with Crippen LogP contribution in [0.25, 0.3) is 15.3 Å². The van der Waals surface area contributed by atoms with Gasteiger partial charge in [-0.05, 0) is 99.4 Å². The fourth-order valence-corrected chi connectivity index (χ4v) is 8.51. The van der Waals surface area contributed by atoms with E-state index in [4.69, 9.17) is 4.98 Å². The first-order valence-corrected chi connectivity index (χ1v) is 16.0. The zero-order valence-electron chi connectivity index (χ0n) is 22.3. The largest absolute Gasteiger partial charge is 0.306 e. The summed E-state index contributed by atoms with van der Waals surface area (Å²) in [6.45, 7) is 4.45.